The van der Waals surface area contributed by atoms with E-state index in [4.69, 9.17) is 4.42 Å². The second-order valence-corrected chi connectivity index (χ2v) is 21.2. The van der Waals surface area contributed by atoms with Gasteiger partial charge >= 0.3 is 6.85 Å². The maximum absolute atomic E-state index is 7.26. The zero-order valence-corrected chi connectivity index (χ0v) is 44.3. The summed E-state index contributed by atoms with van der Waals surface area (Å²) in [7, 11) is 0. The fourth-order valence-corrected chi connectivity index (χ4v) is 12.3. The summed E-state index contributed by atoms with van der Waals surface area (Å²) in [5, 5.41) is 2.20. The van der Waals surface area contributed by atoms with E-state index in [2.05, 4.69) is 284 Å². The van der Waals surface area contributed by atoms with Crippen molar-refractivity contribution in [3.05, 3.63) is 265 Å². The number of anilines is 8. The Kier molecular flexibility index (Phi) is 11.9. The molecule has 0 N–H and O–H groups in total. The van der Waals surface area contributed by atoms with Gasteiger partial charge in [-0.25, -0.2) is 0 Å². The fraction of sp³-hybridized carbons (Fsp3) is 0.0959. The molecule has 3 heterocycles. The van der Waals surface area contributed by atoms with Crippen LogP contribution in [0.3, 0.4) is 0 Å². The van der Waals surface area contributed by atoms with Crippen LogP contribution in [0, 0.1) is 13.8 Å². The van der Waals surface area contributed by atoms with Gasteiger partial charge < -0.3 is 19.0 Å². The molecule has 4 nitrogen and oxygen atoms in total. The second-order valence-electron chi connectivity index (χ2n) is 21.2. The number of furan rings is 1. The average molecular weight is 1000 g/mol. The number of fused-ring (bicyclic) bond motifs is 8. The highest BCUT2D eigenvalue weighted by atomic mass is 16.3. The lowest BCUT2D eigenvalue weighted by atomic mass is 9.43. The third kappa shape index (κ3) is 8.17. The van der Waals surface area contributed by atoms with Gasteiger partial charge in [-0.1, -0.05) is 201 Å². The summed E-state index contributed by atoms with van der Waals surface area (Å²) in [5.41, 5.74) is 26.2. The molecule has 0 amide bonds. The molecular weight excluding hydrogens is 946 g/mol. The SMILES string of the molecule is CCCCCc1ccc(N(c2ccc(C)cc2)c2ccc3c(c2)N(c2ccc(-c4ccccc4)cc2)B2c4cc(-c5ccccc5)ccc4N(c4cc(-c5ccccc5)ccc4C)c4c2c-3cc2c4oc3ccccc32)cc1. The normalized spacial score (nSPS) is 12.4. The van der Waals surface area contributed by atoms with Crippen LogP contribution in [-0.2, 0) is 6.42 Å². The lowest BCUT2D eigenvalue weighted by Gasteiger charge is -2.46. The molecule has 0 saturated carbocycles. The molecule has 374 valence electrons. The lowest BCUT2D eigenvalue weighted by Crippen LogP contribution is -2.61. The van der Waals surface area contributed by atoms with Crippen molar-refractivity contribution in [3.63, 3.8) is 0 Å². The molecule has 0 spiro atoms. The summed E-state index contributed by atoms with van der Waals surface area (Å²) in [6.07, 6.45) is 4.73. The number of hydrogen-bond donors (Lipinski definition) is 0. The number of hydrogen-bond acceptors (Lipinski definition) is 4. The highest BCUT2D eigenvalue weighted by Gasteiger charge is 2.47. The van der Waals surface area contributed by atoms with Crippen molar-refractivity contribution in [2.24, 2.45) is 0 Å². The van der Waals surface area contributed by atoms with Crippen molar-refractivity contribution in [2.45, 2.75) is 46.5 Å². The first-order valence-electron chi connectivity index (χ1n) is 27.7. The van der Waals surface area contributed by atoms with E-state index < -0.39 is 0 Å². The van der Waals surface area contributed by atoms with E-state index in [0.29, 0.717) is 0 Å². The van der Waals surface area contributed by atoms with Crippen LogP contribution in [0.2, 0.25) is 0 Å². The third-order valence-electron chi connectivity index (χ3n) is 16.3. The first-order valence-corrected chi connectivity index (χ1v) is 27.7. The molecule has 0 atom stereocenters. The van der Waals surface area contributed by atoms with Crippen LogP contribution >= 0.6 is 0 Å². The first-order chi connectivity index (χ1) is 38.5. The quantitative estimate of drug-likeness (QED) is 0.0899. The smallest absolute Gasteiger partial charge is 0.333 e. The van der Waals surface area contributed by atoms with E-state index in [-0.39, 0.29) is 6.85 Å². The van der Waals surface area contributed by atoms with E-state index in [1.54, 1.807) is 0 Å². The molecule has 0 radical (unpaired) electrons. The van der Waals surface area contributed by atoms with Crippen LogP contribution < -0.4 is 25.5 Å². The Hall–Kier alpha value is -9.32. The van der Waals surface area contributed by atoms with Gasteiger partial charge in [0.25, 0.3) is 0 Å². The van der Waals surface area contributed by atoms with Crippen molar-refractivity contribution in [1.29, 1.82) is 0 Å². The maximum atomic E-state index is 7.26. The molecule has 0 unspecified atom stereocenters. The monoisotopic (exact) mass is 1000 g/mol. The molecule has 5 heteroatoms. The average Bonchev–Trinajstić information content (AvgIpc) is 3.95. The summed E-state index contributed by atoms with van der Waals surface area (Å²) in [6.45, 7) is 6.41. The molecule has 0 fully saturated rings. The van der Waals surface area contributed by atoms with Crippen molar-refractivity contribution < 1.29 is 4.42 Å². The molecule has 1 aromatic heterocycles. The highest BCUT2D eigenvalue weighted by molar-refractivity contribution is 6.94. The van der Waals surface area contributed by atoms with Gasteiger partial charge in [-0.3, -0.25) is 0 Å². The topological polar surface area (TPSA) is 22.9 Å². The minimum absolute atomic E-state index is 0.277. The summed E-state index contributed by atoms with van der Waals surface area (Å²) in [5.74, 6) is 0. The van der Waals surface area contributed by atoms with Crippen LogP contribution in [0.4, 0.5) is 45.5 Å². The Bertz CT molecular complexity index is 4170. The predicted molar refractivity (Wildman–Crippen MR) is 331 cm³/mol. The van der Waals surface area contributed by atoms with Gasteiger partial charge in [0.05, 0.1) is 5.69 Å². The van der Waals surface area contributed by atoms with Crippen molar-refractivity contribution in [3.8, 4) is 44.5 Å². The molecule has 0 aliphatic carbocycles. The largest absolute Gasteiger partial charge is 0.454 e. The summed E-state index contributed by atoms with van der Waals surface area (Å²) in [4.78, 5) is 7.61. The van der Waals surface area contributed by atoms with Crippen LogP contribution in [0.25, 0.3) is 66.4 Å². The minimum Gasteiger partial charge on any atom is -0.454 e. The Morgan fingerprint density at radius 2 is 1.04 bits per heavy atom. The van der Waals surface area contributed by atoms with Gasteiger partial charge in [-0.2, -0.15) is 0 Å². The number of unbranched alkanes of at least 4 members (excludes halogenated alkanes) is 2. The third-order valence-corrected chi connectivity index (χ3v) is 16.3. The molecule has 0 bridgehead atoms. The van der Waals surface area contributed by atoms with Gasteiger partial charge in [-0.15, -0.1) is 0 Å². The van der Waals surface area contributed by atoms with E-state index >= 15 is 0 Å². The Balaban J connectivity index is 1.07. The van der Waals surface area contributed by atoms with Crippen molar-refractivity contribution >= 4 is 85.2 Å². The number of nitrogens with zero attached hydrogens (tertiary/aromatic N) is 3. The Morgan fingerprint density at radius 1 is 0.449 bits per heavy atom. The zero-order valence-electron chi connectivity index (χ0n) is 44.3. The van der Waals surface area contributed by atoms with E-state index in [1.807, 2.05) is 0 Å². The molecule has 0 saturated heterocycles. The molecule has 2 aliphatic rings. The van der Waals surface area contributed by atoms with Gasteiger partial charge in [0.2, 0.25) is 0 Å². The van der Waals surface area contributed by atoms with Gasteiger partial charge in [0.1, 0.15) is 5.58 Å². The maximum Gasteiger partial charge on any atom is 0.333 e. The van der Waals surface area contributed by atoms with Crippen LogP contribution in [0.1, 0.15) is 42.9 Å². The zero-order chi connectivity index (χ0) is 52.3. The number of rotatable bonds is 12. The van der Waals surface area contributed by atoms with Crippen LogP contribution in [-0.4, -0.2) is 6.85 Å². The molecule has 2 aliphatic heterocycles. The Labute approximate surface area is 458 Å². The number of benzene rings is 11. The summed E-state index contributed by atoms with van der Waals surface area (Å²) < 4.78 is 7.26. The first kappa shape index (κ1) is 47.2. The lowest BCUT2D eigenvalue weighted by molar-refractivity contribution is 0.669. The van der Waals surface area contributed by atoms with Gasteiger partial charge in [0, 0.05) is 56.1 Å². The molecule has 11 aromatic carbocycles. The molecule has 14 rings (SSSR count). The predicted octanol–water partition coefficient (Wildman–Crippen LogP) is 19.1. The molecular formula is C73H58BN3O. The second kappa shape index (κ2) is 19.7. The van der Waals surface area contributed by atoms with E-state index in [0.717, 1.165) is 85.0 Å². The summed E-state index contributed by atoms with van der Waals surface area (Å²) >= 11 is 0. The summed E-state index contributed by atoms with van der Waals surface area (Å²) in [6, 6.07) is 92.1. The van der Waals surface area contributed by atoms with E-state index in [9.17, 15) is 0 Å². The standard InChI is InChI=1S/C73H58BN3O/c1-4-5-9-18-51-30-38-59(39-31-51)75(58-36-27-49(2)28-37-58)61-42-43-62-64-48-65-63-25-16-17-26-70(63)78-73(65)72-71(64)74(77(69(62)47-61)60-40-33-55(34-41-60)52-19-10-6-11-20-52)66-45-56(53-21-12-7-13-22-53)35-44-67(66)76(72)68-46-57(32-29-50(68)3)54-23-14-8-15-24-54/h6-8,10-17,19-48H,4-5,9,18H2,1-3H3. The van der Waals surface area contributed by atoms with Crippen molar-refractivity contribution in [1.82, 2.24) is 0 Å². The van der Waals surface area contributed by atoms with E-state index in [1.165, 1.54) is 80.3 Å². The fourth-order valence-electron chi connectivity index (χ4n) is 12.3. The number of aryl methyl sites for hydroxylation is 3. The van der Waals surface area contributed by atoms with Crippen molar-refractivity contribution in [2.75, 3.05) is 14.6 Å². The molecule has 78 heavy (non-hydrogen) atoms. The number of para-hydroxylation sites is 1. The van der Waals surface area contributed by atoms with Gasteiger partial charge in [-0.05, 0) is 160 Å². The Morgan fingerprint density at radius 3 is 1.73 bits per heavy atom. The van der Waals surface area contributed by atoms with Crippen LogP contribution in [0.5, 0.6) is 0 Å². The van der Waals surface area contributed by atoms with Gasteiger partial charge in [0.15, 0.2) is 5.58 Å². The minimum atomic E-state index is -0.277. The van der Waals surface area contributed by atoms with Crippen LogP contribution in [0.15, 0.2) is 253 Å². The molecule has 12 aromatic rings. The highest BCUT2D eigenvalue weighted by Crippen LogP contribution is 2.53.